The number of halogens is 1. The highest BCUT2D eigenvalue weighted by atomic mass is 35.5. The van der Waals surface area contributed by atoms with Gasteiger partial charge in [0, 0.05) is 40.3 Å². The second-order valence-electron chi connectivity index (χ2n) is 7.38. The van der Waals surface area contributed by atoms with Crippen LogP contribution in [0.5, 0.6) is 0 Å². The van der Waals surface area contributed by atoms with Gasteiger partial charge in [-0.05, 0) is 31.0 Å². The van der Waals surface area contributed by atoms with Gasteiger partial charge >= 0.3 is 6.09 Å². The first-order valence-corrected chi connectivity index (χ1v) is 10.9. The second kappa shape index (κ2) is 8.67. The number of benzene rings is 1. The number of carbonyl (C=O) groups is 1. The van der Waals surface area contributed by atoms with E-state index in [9.17, 15) is 4.79 Å². The number of hydrogen-bond acceptors (Lipinski definition) is 7. The lowest BCUT2D eigenvalue weighted by Gasteiger charge is -2.23. The minimum Gasteiger partial charge on any atom is -0.447 e. The predicted molar refractivity (Wildman–Crippen MR) is 118 cm³/mol. The number of amides is 1. The summed E-state index contributed by atoms with van der Waals surface area (Å²) in [6.45, 7) is 4.23. The van der Waals surface area contributed by atoms with Crippen LogP contribution >= 0.6 is 22.9 Å². The van der Waals surface area contributed by atoms with E-state index in [0.717, 1.165) is 15.4 Å². The van der Waals surface area contributed by atoms with Gasteiger partial charge in [-0.2, -0.15) is 0 Å². The van der Waals surface area contributed by atoms with Crippen molar-refractivity contribution in [3.63, 3.8) is 0 Å². The van der Waals surface area contributed by atoms with Crippen LogP contribution in [0.15, 0.2) is 42.7 Å². The molecule has 2 N–H and O–H groups in total. The van der Waals surface area contributed by atoms with Crippen LogP contribution in [-0.2, 0) is 11.2 Å². The molecular formula is C21H22ClN5O2S. The van der Waals surface area contributed by atoms with Crippen molar-refractivity contribution in [2.45, 2.75) is 38.3 Å². The molecule has 1 aliphatic rings. The van der Waals surface area contributed by atoms with Gasteiger partial charge in [-0.3, -0.25) is 4.90 Å². The summed E-state index contributed by atoms with van der Waals surface area (Å²) in [7, 11) is 0. The van der Waals surface area contributed by atoms with Gasteiger partial charge in [0.15, 0.2) is 0 Å². The number of nitrogens with two attached hydrogens (primary N) is 1. The van der Waals surface area contributed by atoms with E-state index in [0.29, 0.717) is 23.1 Å². The van der Waals surface area contributed by atoms with E-state index < -0.39 is 6.09 Å². The topological polar surface area (TPSA) is 94.2 Å². The molecule has 0 radical (unpaired) electrons. The van der Waals surface area contributed by atoms with Gasteiger partial charge in [0.2, 0.25) is 0 Å². The van der Waals surface area contributed by atoms with E-state index >= 15 is 0 Å². The van der Waals surface area contributed by atoms with Crippen molar-refractivity contribution in [1.82, 2.24) is 15.0 Å². The SMILES string of the molecule is C[C@H](Cc1nccc(N2C(=O)OC[C@@H]2[C@@H](C)N)n1)c1cnc(-c2ccc(Cl)cc2)s1. The zero-order valence-corrected chi connectivity index (χ0v) is 18.2. The summed E-state index contributed by atoms with van der Waals surface area (Å²) in [5.74, 6) is 1.35. The number of anilines is 1. The normalized spacial score (nSPS) is 18.3. The van der Waals surface area contributed by atoms with Crippen LogP contribution in [0.1, 0.15) is 30.5 Å². The summed E-state index contributed by atoms with van der Waals surface area (Å²) < 4.78 is 5.17. The number of thiazole rings is 1. The van der Waals surface area contributed by atoms with Gasteiger partial charge in [-0.15, -0.1) is 11.3 Å². The van der Waals surface area contributed by atoms with Crippen LogP contribution in [0.2, 0.25) is 5.02 Å². The van der Waals surface area contributed by atoms with Gasteiger partial charge in [0.05, 0.1) is 6.04 Å². The van der Waals surface area contributed by atoms with Crippen molar-refractivity contribution in [2.75, 3.05) is 11.5 Å². The molecule has 1 fully saturated rings. The summed E-state index contributed by atoms with van der Waals surface area (Å²) >= 11 is 7.61. The van der Waals surface area contributed by atoms with E-state index in [2.05, 4.69) is 21.9 Å². The molecule has 156 valence electrons. The molecule has 0 saturated carbocycles. The molecule has 3 atom stereocenters. The maximum absolute atomic E-state index is 12.2. The highest BCUT2D eigenvalue weighted by molar-refractivity contribution is 7.15. The average molecular weight is 444 g/mol. The van der Waals surface area contributed by atoms with Crippen LogP contribution in [0, 0.1) is 0 Å². The van der Waals surface area contributed by atoms with E-state index in [-0.39, 0.29) is 24.6 Å². The number of rotatable bonds is 6. The van der Waals surface area contributed by atoms with E-state index in [1.165, 1.54) is 4.90 Å². The summed E-state index contributed by atoms with van der Waals surface area (Å²) in [5, 5.41) is 1.65. The summed E-state index contributed by atoms with van der Waals surface area (Å²) in [6.07, 6.45) is 3.76. The number of aromatic nitrogens is 3. The van der Waals surface area contributed by atoms with Crippen molar-refractivity contribution in [2.24, 2.45) is 5.73 Å². The lowest BCUT2D eigenvalue weighted by molar-refractivity contribution is 0.178. The van der Waals surface area contributed by atoms with Crippen molar-refractivity contribution in [1.29, 1.82) is 0 Å². The fourth-order valence-electron chi connectivity index (χ4n) is 3.32. The molecule has 0 bridgehead atoms. The fourth-order valence-corrected chi connectivity index (χ4v) is 4.42. The maximum atomic E-state index is 12.2. The highest BCUT2D eigenvalue weighted by Crippen LogP contribution is 2.32. The highest BCUT2D eigenvalue weighted by Gasteiger charge is 2.37. The van der Waals surface area contributed by atoms with Crippen LogP contribution in [-0.4, -0.2) is 39.7 Å². The smallest absolute Gasteiger partial charge is 0.415 e. The minimum atomic E-state index is -0.426. The number of hydrogen-bond donors (Lipinski definition) is 1. The lowest BCUT2D eigenvalue weighted by atomic mass is 10.1. The molecule has 0 aliphatic carbocycles. The molecule has 9 heteroatoms. The zero-order valence-electron chi connectivity index (χ0n) is 16.7. The Bertz CT molecular complexity index is 1040. The summed E-state index contributed by atoms with van der Waals surface area (Å²) in [6, 6.07) is 8.90. The van der Waals surface area contributed by atoms with Gasteiger partial charge in [0.25, 0.3) is 0 Å². The summed E-state index contributed by atoms with van der Waals surface area (Å²) in [5.41, 5.74) is 7.05. The molecule has 4 rings (SSSR count). The van der Waals surface area contributed by atoms with Crippen LogP contribution < -0.4 is 10.6 Å². The molecule has 0 unspecified atom stereocenters. The largest absolute Gasteiger partial charge is 0.447 e. The minimum absolute atomic E-state index is 0.175. The standard InChI is InChI=1S/C21H22ClN5O2S/c1-12(17-10-25-20(30-17)14-3-5-15(22)6-4-14)9-18-24-8-7-19(26-18)27-16(13(2)23)11-29-21(27)28/h3-8,10,12-13,16H,9,11,23H2,1-2H3/t12-,13-,16-/m1/s1. The quantitative estimate of drug-likeness (QED) is 0.611. The van der Waals surface area contributed by atoms with Crippen LogP contribution in [0.4, 0.5) is 10.6 Å². The van der Waals surface area contributed by atoms with Crippen molar-refractivity contribution >= 4 is 34.8 Å². The van der Waals surface area contributed by atoms with Gasteiger partial charge in [0.1, 0.15) is 23.3 Å². The Balaban J connectivity index is 1.50. The number of ether oxygens (including phenoxy) is 1. The number of carbonyl (C=O) groups excluding carboxylic acids is 1. The average Bonchev–Trinajstić information content (AvgIpc) is 3.36. The molecule has 30 heavy (non-hydrogen) atoms. The number of cyclic esters (lactones) is 1. The molecule has 0 spiro atoms. The van der Waals surface area contributed by atoms with E-state index in [1.54, 1.807) is 23.6 Å². The van der Waals surface area contributed by atoms with Gasteiger partial charge < -0.3 is 10.5 Å². The molecule has 1 saturated heterocycles. The molecule has 2 aromatic heterocycles. The molecule has 7 nitrogen and oxygen atoms in total. The van der Waals surface area contributed by atoms with Crippen LogP contribution in [0.25, 0.3) is 10.6 Å². The molecule has 3 heterocycles. The Kier molecular flexibility index (Phi) is 5.99. The third-order valence-corrected chi connectivity index (χ3v) is 6.57. The Morgan fingerprint density at radius 3 is 2.77 bits per heavy atom. The third-order valence-electron chi connectivity index (χ3n) is 5.04. The molecular weight excluding hydrogens is 422 g/mol. The maximum Gasteiger partial charge on any atom is 0.415 e. The Labute approximate surface area is 183 Å². The third kappa shape index (κ3) is 4.30. The van der Waals surface area contributed by atoms with Crippen LogP contribution in [0.3, 0.4) is 0 Å². The monoisotopic (exact) mass is 443 g/mol. The Morgan fingerprint density at radius 2 is 2.03 bits per heavy atom. The molecule has 1 amide bonds. The first kappa shape index (κ1) is 20.7. The van der Waals surface area contributed by atoms with Crippen molar-refractivity contribution < 1.29 is 9.53 Å². The lowest BCUT2D eigenvalue weighted by Crippen LogP contribution is -2.45. The van der Waals surface area contributed by atoms with Gasteiger partial charge in [-0.1, -0.05) is 30.7 Å². The van der Waals surface area contributed by atoms with E-state index in [1.807, 2.05) is 37.4 Å². The summed E-state index contributed by atoms with van der Waals surface area (Å²) in [4.78, 5) is 28.4. The Morgan fingerprint density at radius 1 is 1.27 bits per heavy atom. The molecule has 1 aromatic carbocycles. The molecule has 1 aliphatic heterocycles. The first-order valence-electron chi connectivity index (χ1n) is 9.67. The predicted octanol–water partition coefficient (Wildman–Crippen LogP) is 4.27. The first-order chi connectivity index (χ1) is 14.4. The fraction of sp³-hybridized carbons (Fsp3) is 0.333. The van der Waals surface area contributed by atoms with Crippen molar-refractivity contribution in [3.05, 3.63) is 58.4 Å². The second-order valence-corrected chi connectivity index (χ2v) is 8.88. The number of nitrogens with zero attached hydrogens (tertiary/aromatic N) is 4. The van der Waals surface area contributed by atoms with Gasteiger partial charge in [-0.25, -0.2) is 19.7 Å². The molecule has 3 aromatic rings. The zero-order chi connectivity index (χ0) is 21.3. The Hall–Kier alpha value is -2.55. The van der Waals surface area contributed by atoms with E-state index in [4.69, 9.17) is 22.1 Å². The van der Waals surface area contributed by atoms with Crippen molar-refractivity contribution in [3.8, 4) is 10.6 Å².